The van der Waals surface area contributed by atoms with Gasteiger partial charge in [-0.25, -0.2) is 0 Å². The topological polar surface area (TPSA) is 65.1 Å². The predicted octanol–water partition coefficient (Wildman–Crippen LogP) is 7.39. The summed E-state index contributed by atoms with van der Waals surface area (Å²) in [7, 11) is 0. The summed E-state index contributed by atoms with van der Waals surface area (Å²) in [4.78, 5) is 27.2. The molecule has 1 aliphatic rings. The third-order valence-electron chi connectivity index (χ3n) is 6.19. The van der Waals surface area contributed by atoms with Crippen LogP contribution in [-0.4, -0.2) is 35.9 Å². The minimum atomic E-state index is -0.294. The molecule has 0 spiro atoms. The quantitative estimate of drug-likeness (QED) is 0.196. The average molecular weight is 546 g/mol. The summed E-state index contributed by atoms with van der Waals surface area (Å²) >= 11 is 0.950. The van der Waals surface area contributed by atoms with Gasteiger partial charge in [-0.15, -0.1) is 0 Å². The van der Waals surface area contributed by atoms with Crippen LogP contribution < -0.4 is 14.2 Å². The number of carbonyl (C=O) groups is 2. The summed E-state index contributed by atoms with van der Waals surface area (Å²) in [5.74, 6) is 1.66. The fourth-order valence-electron chi connectivity index (χ4n) is 4.15. The molecule has 0 aromatic heterocycles. The number of hydrogen-bond acceptors (Lipinski definition) is 6. The molecule has 39 heavy (non-hydrogen) atoms. The number of amides is 2. The third kappa shape index (κ3) is 7.45. The Labute approximate surface area is 235 Å². The van der Waals surface area contributed by atoms with Gasteiger partial charge in [0.1, 0.15) is 19.0 Å². The first-order chi connectivity index (χ1) is 18.6. The van der Waals surface area contributed by atoms with Gasteiger partial charge < -0.3 is 14.2 Å². The van der Waals surface area contributed by atoms with Gasteiger partial charge >= 0.3 is 0 Å². The van der Waals surface area contributed by atoms with E-state index in [2.05, 4.69) is 32.9 Å². The highest BCUT2D eigenvalue weighted by atomic mass is 32.2. The first-order valence-corrected chi connectivity index (χ1v) is 13.9. The lowest BCUT2D eigenvalue weighted by Crippen LogP contribution is -2.27. The molecule has 204 valence electrons. The normalized spacial score (nSPS) is 14.7. The van der Waals surface area contributed by atoms with E-state index in [-0.39, 0.29) is 23.1 Å². The van der Waals surface area contributed by atoms with Gasteiger partial charge in [0, 0.05) is 0 Å². The van der Waals surface area contributed by atoms with E-state index in [1.807, 2.05) is 68.4 Å². The standard InChI is InChI=1S/C32H35NO5S/c1-6-36-28-19-23(20-29-30(34)33(31(35)39-29)21-24-9-7-8-22(2)18-24)10-15-27(28)38-17-16-37-26-13-11-25(12-14-26)32(3,4)5/h7-15,18-20H,6,16-17,21H2,1-5H3/b29-20-. The SMILES string of the molecule is CCOc1cc(/C=C2\SC(=O)N(Cc3cccc(C)c3)C2=O)ccc1OCCOc1ccc(C(C)(C)C)cc1. The molecule has 0 saturated carbocycles. The van der Waals surface area contributed by atoms with E-state index in [9.17, 15) is 9.59 Å². The molecule has 1 fully saturated rings. The monoisotopic (exact) mass is 545 g/mol. The van der Waals surface area contributed by atoms with Gasteiger partial charge in [-0.1, -0.05) is 68.8 Å². The molecule has 1 aliphatic heterocycles. The molecular weight excluding hydrogens is 510 g/mol. The summed E-state index contributed by atoms with van der Waals surface area (Å²) in [6.45, 7) is 11.9. The first-order valence-electron chi connectivity index (χ1n) is 13.1. The Morgan fingerprint density at radius 2 is 1.62 bits per heavy atom. The molecule has 3 aromatic rings. The van der Waals surface area contributed by atoms with Gasteiger partial charge in [0.2, 0.25) is 0 Å². The lowest BCUT2D eigenvalue weighted by Gasteiger charge is -2.19. The molecule has 0 unspecified atom stereocenters. The highest BCUT2D eigenvalue weighted by Gasteiger charge is 2.35. The van der Waals surface area contributed by atoms with Gasteiger partial charge in [0.15, 0.2) is 11.5 Å². The molecule has 1 saturated heterocycles. The summed E-state index contributed by atoms with van der Waals surface area (Å²) in [5.41, 5.74) is 4.11. The number of thioether (sulfide) groups is 1. The second-order valence-electron chi connectivity index (χ2n) is 10.4. The average Bonchev–Trinajstić information content (AvgIpc) is 3.15. The number of rotatable bonds is 10. The van der Waals surface area contributed by atoms with E-state index in [0.29, 0.717) is 36.2 Å². The molecule has 0 N–H and O–H groups in total. The maximum Gasteiger partial charge on any atom is 0.293 e. The minimum Gasteiger partial charge on any atom is -0.490 e. The fraction of sp³-hybridized carbons (Fsp3) is 0.312. The number of ether oxygens (including phenoxy) is 3. The maximum absolute atomic E-state index is 13.0. The number of hydrogen-bond donors (Lipinski definition) is 0. The second-order valence-corrected chi connectivity index (χ2v) is 11.4. The van der Waals surface area contributed by atoms with Crippen molar-refractivity contribution in [2.45, 2.75) is 46.6 Å². The van der Waals surface area contributed by atoms with E-state index in [4.69, 9.17) is 14.2 Å². The predicted molar refractivity (Wildman–Crippen MR) is 156 cm³/mol. The Hall–Kier alpha value is -3.71. The van der Waals surface area contributed by atoms with Crippen molar-refractivity contribution in [3.8, 4) is 17.2 Å². The van der Waals surface area contributed by atoms with Gasteiger partial charge in [0.05, 0.1) is 18.1 Å². The summed E-state index contributed by atoms with van der Waals surface area (Å²) < 4.78 is 17.6. The first kappa shape index (κ1) is 28.3. The van der Waals surface area contributed by atoms with Crippen LogP contribution in [0.25, 0.3) is 6.08 Å². The highest BCUT2D eigenvalue weighted by Crippen LogP contribution is 2.35. The zero-order chi connectivity index (χ0) is 28.0. The van der Waals surface area contributed by atoms with E-state index >= 15 is 0 Å². The molecule has 6 nitrogen and oxygen atoms in total. The number of nitrogens with zero attached hydrogens (tertiary/aromatic N) is 1. The fourth-order valence-corrected chi connectivity index (χ4v) is 4.98. The number of carbonyl (C=O) groups excluding carboxylic acids is 2. The van der Waals surface area contributed by atoms with E-state index < -0.39 is 0 Å². The molecule has 4 rings (SSSR count). The van der Waals surface area contributed by atoms with Crippen LogP contribution in [0.1, 0.15) is 49.9 Å². The summed E-state index contributed by atoms with van der Waals surface area (Å²) in [5, 5.41) is -0.272. The van der Waals surface area contributed by atoms with Crippen LogP contribution in [0.15, 0.2) is 71.6 Å². The number of benzene rings is 3. The largest absolute Gasteiger partial charge is 0.490 e. The van der Waals surface area contributed by atoms with Crippen molar-refractivity contribution in [3.63, 3.8) is 0 Å². The van der Waals surface area contributed by atoms with Crippen LogP contribution in [0, 0.1) is 6.92 Å². The van der Waals surface area contributed by atoms with Crippen molar-refractivity contribution in [1.29, 1.82) is 0 Å². The number of aryl methyl sites for hydroxylation is 1. The molecule has 2 amide bonds. The maximum atomic E-state index is 13.0. The second kappa shape index (κ2) is 12.4. The Balaban J connectivity index is 1.38. The molecule has 0 radical (unpaired) electrons. The third-order valence-corrected chi connectivity index (χ3v) is 7.10. The lowest BCUT2D eigenvalue weighted by atomic mass is 9.87. The molecule has 0 aliphatic carbocycles. The number of imide groups is 1. The Kier molecular flexibility index (Phi) is 9.02. The van der Waals surface area contributed by atoms with Crippen molar-refractivity contribution >= 4 is 29.0 Å². The van der Waals surface area contributed by atoms with Crippen LogP contribution in [0.2, 0.25) is 0 Å². The van der Waals surface area contributed by atoms with Crippen LogP contribution in [-0.2, 0) is 16.8 Å². The molecule has 0 bridgehead atoms. The Morgan fingerprint density at radius 1 is 0.872 bits per heavy atom. The molecule has 1 heterocycles. The minimum absolute atomic E-state index is 0.0967. The van der Waals surface area contributed by atoms with Gasteiger partial charge in [0.25, 0.3) is 11.1 Å². The van der Waals surface area contributed by atoms with Crippen molar-refractivity contribution < 1.29 is 23.8 Å². The van der Waals surface area contributed by atoms with Gasteiger partial charge in [-0.3, -0.25) is 14.5 Å². The van der Waals surface area contributed by atoms with Crippen molar-refractivity contribution in [1.82, 2.24) is 4.90 Å². The molecular formula is C32H35NO5S. The van der Waals surface area contributed by atoms with Crippen LogP contribution in [0.5, 0.6) is 17.2 Å². The lowest BCUT2D eigenvalue weighted by molar-refractivity contribution is -0.123. The van der Waals surface area contributed by atoms with Crippen LogP contribution in [0.3, 0.4) is 0 Å². The van der Waals surface area contributed by atoms with E-state index in [1.165, 1.54) is 10.5 Å². The zero-order valence-corrected chi connectivity index (χ0v) is 24.0. The van der Waals surface area contributed by atoms with E-state index in [0.717, 1.165) is 34.2 Å². The van der Waals surface area contributed by atoms with Crippen LogP contribution >= 0.6 is 11.8 Å². The van der Waals surface area contributed by atoms with Crippen LogP contribution in [0.4, 0.5) is 4.79 Å². The highest BCUT2D eigenvalue weighted by molar-refractivity contribution is 8.18. The molecule has 7 heteroatoms. The van der Waals surface area contributed by atoms with Gasteiger partial charge in [-0.2, -0.15) is 0 Å². The van der Waals surface area contributed by atoms with Crippen molar-refractivity contribution in [2.75, 3.05) is 19.8 Å². The molecule has 0 atom stereocenters. The Morgan fingerprint density at radius 3 is 2.31 bits per heavy atom. The van der Waals surface area contributed by atoms with E-state index in [1.54, 1.807) is 6.08 Å². The summed E-state index contributed by atoms with van der Waals surface area (Å²) in [6, 6.07) is 21.4. The summed E-state index contributed by atoms with van der Waals surface area (Å²) in [6.07, 6.45) is 1.72. The Bertz CT molecular complexity index is 1360. The molecule has 3 aromatic carbocycles. The van der Waals surface area contributed by atoms with Crippen molar-refractivity contribution in [2.24, 2.45) is 0 Å². The van der Waals surface area contributed by atoms with Crippen molar-refractivity contribution in [3.05, 3.63) is 93.9 Å². The van der Waals surface area contributed by atoms with Gasteiger partial charge in [-0.05, 0) is 78.1 Å². The smallest absolute Gasteiger partial charge is 0.293 e. The zero-order valence-electron chi connectivity index (χ0n) is 23.2.